The normalized spacial score (nSPS) is 15.1. The van der Waals surface area contributed by atoms with E-state index >= 15 is 0 Å². The van der Waals surface area contributed by atoms with Crippen molar-refractivity contribution in [1.29, 1.82) is 0 Å². The fraction of sp³-hybridized carbons (Fsp3) is 0.174. The van der Waals surface area contributed by atoms with E-state index in [1.54, 1.807) is 19.1 Å². The number of nitro groups is 1. The SMILES string of the molecule is Cc1ccc(/C=C/C2=Nc3ccc4ccccc4c3C2(C)C)cc1[N+](=O)[O-]. The highest BCUT2D eigenvalue weighted by molar-refractivity contribution is 6.13. The number of hydrogen-bond acceptors (Lipinski definition) is 3. The van der Waals surface area contributed by atoms with Gasteiger partial charge in [-0.3, -0.25) is 15.1 Å². The van der Waals surface area contributed by atoms with Crippen LogP contribution in [-0.4, -0.2) is 10.6 Å². The maximum Gasteiger partial charge on any atom is 0.272 e. The molecule has 0 saturated heterocycles. The van der Waals surface area contributed by atoms with Crippen molar-refractivity contribution < 1.29 is 4.92 Å². The topological polar surface area (TPSA) is 55.5 Å². The van der Waals surface area contributed by atoms with E-state index in [0.717, 1.165) is 17.0 Å². The molecular weight excluding hydrogens is 336 g/mol. The summed E-state index contributed by atoms with van der Waals surface area (Å²) < 4.78 is 0. The number of benzene rings is 3. The zero-order valence-electron chi connectivity index (χ0n) is 15.6. The summed E-state index contributed by atoms with van der Waals surface area (Å²) in [5.74, 6) is 0. The molecule has 0 atom stereocenters. The molecule has 1 aliphatic rings. The molecule has 1 heterocycles. The van der Waals surface area contributed by atoms with Crippen LogP contribution >= 0.6 is 0 Å². The van der Waals surface area contributed by atoms with Gasteiger partial charge in [0.2, 0.25) is 0 Å². The molecule has 3 aromatic carbocycles. The number of aryl methyl sites for hydroxylation is 1. The lowest BCUT2D eigenvalue weighted by Crippen LogP contribution is -2.24. The quantitative estimate of drug-likeness (QED) is 0.418. The van der Waals surface area contributed by atoms with Gasteiger partial charge in [-0.2, -0.15) is 0 Å². The molecule has 0 radical (unpaired) electrons. The second-order valence-electron chi connectivity index (χ2n) is 7.44. The highest BCUT2D eigenvalue weighted by Gasteiger charge is 2.34. The first kappa shape index (κ1) is 17.2. The van der Waals surface area contributed by atoms with Gasteiger partial charge in [0, 0.05) is 17.0 Å². The summed E-state index contributed by atoms with van der Waals surface area (Å²) in [5.41, 5.74) is 4.55. The number of allylic oxidation sites excluding steroid dienone is 1. The Kier molecular flexibility index (Phi) is 3.92. The Morgan fingerprint density at radius 3 is 2.59 bits per heavy atom. The number of rotatable bonds is 3. The van der Waals surface area contributed by atoms with E-state index in [9.17, 15) is 10.1 Å². The Labute approximate surface area is 158 Å². The molecule has 0 saturated carbocycles. The van der Waals surface area contributed by atoms with Crippen molar-refractivity contribution in [3.63, 3.8) is 0 Å². The van der Waals surface area contributed by atoms with E-state index in [0.29, 0.717) is 5.56 Å². The van der Waals surface area contributed by atoms with Gasteiger partial charge in [-0.1, -0.05) is 62.4 Å². The number of nitro benzene ring substituents is 1. The van der Waals surface area contributed by atoms with Crippen molar-refractivity contribution in [1.82, 2.24) is 0 Å². The minimum absolute atomic E-state index is 0.138. The van der Waals surface area contributed by atoms with E-state index in [-0.39, 0.29) is 16.0 Å². The van der Waals surface area contributed by atoms with Crippen LogP contribution in [0.4, 0.5) is 11.4 Å². The fourth-order valence-electron chi connectivity index (χ4n) is 3.76. The molecule has 1 aliphatic heterocycles. The molecule has 4 heteroatoms. The smallest absolute Gasteiger partial charge is 0.258 e. The standard InChI is InChI=1S/C23H20N2O2/c1-15-8-9-16(14-20(15)25(26)27)10-13-21-23(2,3)22-18-7-5-4-6-17(18)11-12-19(22)24-21/h4-14H,1-3H3/b13-10+. The summed E-state index contributed by atoms with van der Waals surface area (Å²) >= 11 is 0. The van der Waals surface area contributed by atoms with Crippen LogP contribution in [0.1, 0.15) is 30.5 Å². The third-order valence-corrected chi connectivity index (χ3v) is 5.28. The van der Waals surface area contributed by atoms with Crippen molar-refractivity contribution >= 4 is 33.9 Å². The van der Waals surface area contributed by atoms with Gasteiger partial charge in [0.25, 0.3) is 5.69 Å². The molecule has 0 bridgehead atoms. The Bertz CT molecular complexity index is 1140. The first-order valence-corrected chi connectivity index (χ1v) is 8.92. The highest BCUT2D eigenvalue weighted by atomic mass is 16.6. The molecule has 0 aromatic heterocycles. The first-order valence-electron chi connectivity index (χ1n) is 8.92. The number of nitrogens with zero attached hydrogens (tertiary/aromatic N) is 2. The van der Waals surface area contributed by atoms with E-state index < -0.39 is 0 Å². The van der Waals surface area contributed by atoms with Crippen LogP contribution in [0.15, 0.2) is 65.7 Å². The van der Waals surface area contributed by atoms with E-state index in [4.69, 9.17) is 4.99 Å². The fourth-order valence-corrected chi connectivity index (χ4v) is 3.76. The minimum Gasteiger partial charge on any atom is -0.258 e. The molecule has 0 spiro atoms. The summed E-state index contributed by atoms with van der Waals surface area (Å²) in [4.78, 5) is 15.7. The zero-order chi connectivity index (χ0) is 19.2. The average Bonchev–Trinajstić information content (AvgIpc) is 2.91. The predicted molar refractivity (Wildman–Crippen MR) is 111 cm³/mol. The summed E-state index contributed by atoms with van der Waals surface area (Å²) in [6, 6.07) is 17.8. The third kappa shape index (κ3) is 2.83. The monoisotopic (exact) mass is 356 g/mol. The van der Waals surface area contributed by atoms with Crippen molar-refractivity contribution in [3.8, 4) is 0 Å². The van der Waals surface area contributed by atoms with Gasteiger partial charge >= 0.3 is 0 Å². The van der Waals surface area contributed by atoms with Gasteiger partial charge in [-0.15, -0.1) is 0 Å². The van der Waals surface area contributed by atoms with Gasteiger partial charge in [-0.05, 0) is 41.0 Å². The minimum atomic E-state index is -0.342. The first-order chi connectivity index (χ1) is 12.9. The summed E-state index contributed by atoms with van der Waals surface area (Å²) in [7, 11) is 0. The summed E-state index contributed by atoms with van der Waals surface area (Å²) in [6.45, 7) is 6.09. The lowest BCUT2D eigenvalue weighted by Gasteiger charge is -2.22. The molecule has 4 nitrogen and oxygen atoms in total. The van der Waals surface area contributed by atoms with Crippen LogP contribution in [0.3, 0.4) is 0 Å². The maximum atomic E-state index is 11.2. The average molecular weight is 356 g/mol. The molecule has 27 heavy (non-hydrogen) atoms. The second-order valence-corrected chi connectivity index (χ2v) is 7.44. The lowest BCUT2D eigenvalue weighted by molar-refractivity contribution is -0.385. The van der Waals surface area contributed by atoms with Crippen LogP contribution in [-0.2, 0) is 5.41 Å². The molecule has 3 aromatic rings. The van der Waals surface area contributed by atoms with Gasteiger partial charge in [-0.25, -0.2) is 0 Å². The van der Waals surface area contributed by atoms with Gasteiger partial charge in [0.05, 0.1) is 16.3 Å². The van der Waals surface area contributed by atoms with Crippen molar-refractivity contribution in [2.45, 2.75) is 26.2 Å². The van der Waals surface area contributed by atoms with E-state index in [2.05, 4.69) is 44.2 Å². The molecular formula is C23H20N2O2. The van der Waals surface area contributed by atoms with Gasteiger partial charge in [0.15, 0.2) is 0 Å². The molecule has 134 valence electrons. The Morgan fingerprint density at radius 1 is 1.04 bits per heavy atom. The molecule has 0 amide bonds. The zero-order valence-corrected chi connectivity index (χ0v) is 15.6. The van der Waals surface area contributed by atoms with E-state index in [1.807, 2.05) is 24.3 Å². The third-order valence-electron chi connectivity index (χ3n) is 5.28. The van der Waals surface area contributed by atoms with Gasteiger partial charge < -0.3 is 0 Å². The lowest BCUT2D eigenvalue weighted by atomic mass is 9.79. The Balaban J connectivity index is 1.73. The van der Waals surface area contributed by atoms with Crippen molar-refractivity contribution in [2.75, 3.05) is 0 Å². The van der Waals surface area contributed by atoms with E-state index in [1.165, 1.54) is 16.3 Å². The molecule has 0 fully saturated rings. The summed E-state index contributed by atoms with van der Waals surface area (Å²) in [6.07, 6.45) is 3.88. The van der Waals surface area contributed by atoms with Crippen molar-refractivity contribution in [2.24, 2.45) is 4.99 Å². The Hall–Kier alpha value is -3.27. The van der Waals surface area contributed by atoms with Crippen LogP contribution in [0.2, 0.25) is 0 Å². The summed E-state index contributed by atoms with van der Waals surface area (Å²) in [5, 5.41) is 13.6. The van der Waals surface area contributed by atoms with Crippen LogP contribution < -0.4 is 0 Å². The predicted octanol–water partition coefficient (Wildman–Crippen LogP) is 6.13. The number of hydrogen-bond donors (Lipinski definition) is 0. The number of aliphatic imine (C=N–C) groups is 1. The highest BCUT2D eigenvalue weighted by Crippen LogP contribution is 2.44. The largest absolute Gasteiger partial charge is 0.272 e. The number of fused-ring (bicyclic) bond motifs is 3. The van der Waals surface area contributed by atoms with Crippen LogP contribution in [0.25, 0.3) is 16.8 Å². The van der Waals surface area contributed by atoms with Crippen LogP contribution in [0, 0.1) is 17.0 Å². The Morgan fingerprint density at radius 2 is 1.81 bits per heavy atom. The second kappa shape index (κ2) is 6.16. The molecule has 0 unspecified atom stereocenters. The van der Waals surface area contributed by atoms with Crippen LogP contribution in [0.5, 0.6) is 0 Å². The van der Waals surface area contributed by atoms with Crippen molar-refractivity contribution in [3.05, 3.63) is 87.5 Å². The molecule has 0 aliphatic carbocycles. The molecule has 4 rings (SSSR count). The van der Waals surface area contributed by atoms with Gasteiger partial charge in [0.1, 0.15) is 0 Å². The maximum absolute atomic E-state index is 11.2. The molecule has 0 N–H and O–H groups in total.